The van der Waals surface area contributed by atoms with Gasteiger partial charge < -0.3 is 24.9 Å². The quantitative estimate of drug-likeness (QED) is 0.318. The number of pyridine rings is 2. The Balaban J connectivity index is 0.00000274. The smallest absolute Gasteiger partial charge is 0.343 e. The second-order valence-corrected chi connectivity index (χ2v) is 8.52. The van der Waals surface area contributed by atoms with E-state index in [2.05, 4.69) is 6.92 Å². The molecular weight excluding hydrogens is 458 g/mol. The topological polar surface area (TPSA) is 117 Å². The summed E-state index contributed by atoms with van der Waals surface area (Å²) in [5.41, 5.74) is 8.31. The Morgan fingerprint density at radius 1 is 1.26 bits per heavy atom. The molecule has 4 heterocycles. The molecule has 2 aromatic heterocycles. The Morgan fingerprint density at radius 2 is 2.06 bits per heavy atom. The number of aliphatic hydroxyl groups is 1. The van der Waals surface area contributed by atoms with E-state index >= 15 is 0 Å². The van der Waals surface area contributed by atoms with Crippen molar-refractivity contribution in [3.05, 3.63) is 56.9 Å². The Kier molecular flexibility index (Phi) is 6.42. The number of carbonyl (C=O) groups excluding carboxylic acids is 1. The predicted molar refractivity (Wildman–Crippen MR) is 130 cm³/mol. The van der Waals surface area contributed by atoms with Crippen molar-refractivity contribution < 1.29 is 19.4 Å². The molecule has 34 heavy (non-hydrogen) atoms. The molecule has 0 fully saturated rings. The van der Waals surface area contributed by atoms with Crippen molar-refractivity contribution in [2.24, 2.45) is 5.73 Å². The minimum absolute atomic E-state index is 0. The van der Waals surface area contributed by atoms with E-state index in [-0.39, 0.29) is 31.0 Å². The second-order valence-electron chi connectivity index (χ2n) is 8.52. The van der Waals surface area contributed by atoms with Gasteiger partial charge in [0.2, 0.25) is 0 Å². The number of cyclic esters (lactones) is 1. The van der Waals surface area contributed by atoms with Gasteiger partial charge in [0.25, 0.3) is 5.56 Å². The molecule has 0 amide bonds. The van der Waals surface area contributed by atoms with Gasteiger partial charge in [0, 0.05) is 16.5 Å². The summed E-state index contributed by atoms with van der Waals surface area (Å²) in [4.78, 5) is 30.7. The Bertz CT molecular complexity index is 1350. The summed E-state index contributed by atoms with van der Waals surface area (Å²) in [6.07, 6.45) is 1.61. The highest BCUT2D eigenvalue weighted by molar-refractivity contribution is 5.93. The second kappa shape index (κ2) is 9.02. The first-order valence-electron chi connectivity index (χ1n) is 11.4. The first kappa shape index (κ1) is 24.2. The lowest BCUT2D eigenvalue weighted by Crippen LogP contribution is -2.44. The summed E-state index contributed by atoms with van der Waals surface area (Å²) in [6.45, 7) is 5.08. The molecule has 0 saturated carbocycles. The fourth-order valence-corrected chi connectivity index (χ4v) is 4.97. The SMILES string of the molecule is CCc1c2c(nc3cccc(OCCCN)c13)-c1cc3c(c(=O)n1C2)COC(=O)[C@]3(O)CC.Cl. The largest absolute Gasteiger partial charge is 0.493 e. The van der Waals surface area contributed by atoms with Gasteiger partial charge in [-0.15, -0.1) is 12.4 Å². The predicted octanol–water partition coefficient (Wildman–Crippen LogP) is 2.79. The minimum atomic E-state index is -1.83. The van der Waals surface area contributed by atoms with Gasteiger partial charge in [0.1, 0.15) is 12.4 Å². The van der Waals surface area contributed by atoms with Gasteiger partial charge in [0.05, 0.1) is 35.6 Å². The molecule has 0 unspecified atom stereocenters. The zero-order chi connectivity index (χ0) is 23.3. The van der Waals surface area contributed by atoms with Crippen molar-refractivity contribution in [2.45, 2.75) is 51.9 Å². The first-order chi connectivity index (χ1) is 15.9. The number of benzene rings is 1. The molecule has 3 N–H and O–H groups in total. The molecule has 3 aromatic rings. The number of nitrogens with zero attached hydrogens (tertiary/aromatic N) is 2. The number of hydrogen-bond acceptors (Lipinski definition) is 7. The van der Waals surface area contributed by atoms with Crippen LogP contribution in [-0.2, 0) is 34.7 Å². The van der Waals surface area contributed by atoms with Gasteiger partial charge >= 0.3 is 5.97 Å². The van der Waals surface area contributed by atoms with E-state index in [0.29, 0.717) is 42.2 Å². The molecule has 0 spiro atoms. The minimum Gasteiger partial charge on any atom is -0.493 e. The summed E-state index contributed by atoms with van der Waals surface area (Å²) >= 11 is 0. The van der Waals surface area contributed by atoms with Crippen LogP contribution in [0, 0.1) is 0 Å². The number of aromatic nitrogens is 2. The maximum atomic E-state index is 13.4. The van der Waals surface area contributed by atoms with Gasteiger partial charge in [-0.3, -0.25) is 4.79 Å². The number of halogens is 1. The molecule has 0 bridgehead atoms. The number of nitrogens with two attached hydrogens (primary N) is 1. The number of carbonyl (C=O) groups is 1. The fraction of sp³-hybridized carbons (Fsp3) is 0.400. The van der Waals surface area contributed by atoms with E-state index < -0.39 is 11.6 Å². The third-order valence-electron chi connectivity index (χ3n) is 6.75. The van der Waals surface area contributed by atoms with Crippen LogP contribution in [0.2, 0.25) is 0 Å². The number of fused-ring (bicyclic) bond motifs is 5. The van der Waals surface area contributed by atoms with Crippen LogP contribution < -0.4 is 16.0 Å². The Labute approximate surface area is 203 Å². The van der Waals surface area contributed by atoms with Crippen LogP contribution in [0.4, 0.5) is 0 Å². The zero-order valence-electron chi connectivity index (χ0n) is 19.2. The van der Waals surface area contributed by atoms with Crippen LogP contribution in [-0.4, -0.2) is 33.8 Å². The van der Waals surface area contributed by atoms with Crippen molar-refractivity contribution in [2.75, 3.05) is 13.2 Å². The first-order valence-corrected chi connectivity index (χ1v) is 11.4. The average molecular weight is 486 g/mol. The average Bonchev–Trinajstić information content (AvgIpc) is 3.19. The molecular formula is C25H28ClN3O5. The van der Waals surface area contributed by atoms with Crippen molar-refractivity contribution in [3.63, 3.8) is 0 Å². The maximum Gasteiger partial charge on any atom is 0.343 e. The van der Waals surface area contributed by atoms with Crippen LogP contribution in [0.15, 0.2) is 29.1 Å². The zero-order valence-corrected chi connectivity index (χ0v) is 20.0. The highest BCUT2D eigenvalue weighted by Crippen LogP contribution is 2.41. The van der Waals surface area contributed by atoms with E-state index in [0.717, 1.165) is 40.6 Å². The third-order valence-corrected chi connectivity index (χ3v) is 6.75. The molecule has 2 aliphatic rings. The number of esters is 1. The summed E-state index contributed by atoms with van der Waals surface area (Å²) < 4.78 is 12.8. The van der Waals surface area contributed by atoms with Gasteiger partial charge in [-0.05, 0) is 49.6 Å². The van der Waals surface area contributed by atoms with Crippen LogP contribution in [0.25, 0.3) is 22.3 Å². The van der Waals surface area contributed by atoms with E-state index in [1.54, 1.807) is 17.6 Å². The molecule has 1 atom stereocenters. The number of rotatable bonds is 6. The maximum absolute atomic E-state index is 13.4. The van der Waals surface area contributed by atoms with Gasteiger partial charge in [0.15, 0.2) is 5.60 Å². The summed E-state index contributed by atoms with van der Waals surface area (Å²) in [5, 5.41) is 12.0. The van der Waals surface area contributed by atoms with Crippen molar-refractivity contribution in [1.29, 1.82) is 0 Å². The van der Waals surface area contributed by atoms with E-state index in [1.807, 2.05) is 18.2 Å². The Hall–Kier alpha value is -2.94. The molecule has 2 aliphatic heterocycles. The molecule has 1 aromatic carbocycles. The summed E-state index contributed by atoms with van der Waals surface area (Å²) in [5.74, 6) is 0.0371. The Morgan fingerprint density at radius 3 is 2.76 bits per heavy atom. The van der Waals surface area contributed by atoms with E-state index in [4.69, 9.17) is 20.2 Å². The van der Waals surface area contributed by atoms with Gasteiger partial charge in [-0.1, -0.05) is 19.9 Å². The van der Waals surface area contributed by atoms with Gasteiger partial charge in [-0.2, -0.15) is 0 Å². The fourth-order valence-electron chi connectivity index (χ4n) is 4.97. The van der Waals surface area contributed by atoms with E-state index in [9.17, 15) is 14.7 Å². The number of aryl methyl sites for hydroxylation is 1. The van der Waals surface area contributed by atoms with Crippen LogP contribution in [0.5, 0.6) is 5.75 Å². The van der Waals surface area contributed by atoms with Crippen molar-refractivity contribution in [1.82, 2.24) is 9.55 Å². The summed E-state index contributed by atoms with van der Waals surface area (Å²) in [7, 11) is 0. The molecule has 180 valence electrons. The lowest BCUT2D eigenvalue weighted by Gasteiger charge is -2.31. The molecule has 0 radical (unpaired) electrons. The highest BCUT2D eigenvalue weighted by Gasteiger charge is 2.45. The number of hydrogen-bond donors (Lipinski definition) is 2. The molecule has 0 aliphatic carbocycles. The molecule has 8 nitrogen and oxygen atoms in total. The third kappa shape index (κ3) is 3.40. The van der Waals surface area contributed by atoms with Crippen molar-refractivity contribution >= 4 is 29.3 Å². The standard InChI is InChI=1S/C25H27N3O5.ClH/c1-3-14-15-12-28-19(11-17-16(23(28)29)13-33-24(30)25(17,31)4-2)22(15)27-18-7-5-8-20(21(14)18)32-10-6-9-26;/h5,7-8,11,31H,3-4,6,9-10,12-13,26H2,1-2H3;1H/t25-;/m0./s1. The monoisotopic (exact) mass is 485 g/mol. The summed E-state index contributed by atoms with van der Waals surface area (Å²) in [6, 6.07) is 7.51. The van der Waals surface area contributed by atoms with E-state index in [1.165, 1.54) is 0 Å². The molecule has 0 saturated heterocycles. The van der Waals surface area contributed by atoms with Crippen LogP contribution >= 0.6 is 12.4 Å². The van der Waals surface area contributed by atoms with Gasteiger partial charge in [-0.25, -0.2) is 9.78 Å². The lowest BCUT2D eigenvalue weighted by molar-refractivity contribution is -0.172. The van der Waals surface area contributed by atoms with Crippen molar-refractivity contribution in [3.8, 4) is 17.1 Å². The normalized spacial score (nSPS) is 18.1. The molecule has 9 heteroatoms. The highest BCUT2D eigenvalue weighted by atomic mass is 35.5. The lowest BCUT2D eigenvalue weighted by atomic mass is 9.86. The van der Waals surface area contributed by atoms with Crippen LogP contribution in [0.3, 0.4) is 0 Å². The number of ether oxygens (including phenoxy) is 2. The molecule has 5 rings (SSSR count). The van der Waals surface area contributed by atoms with Crippen LogP contribution in [0.1, 0.15) is 48.9 Å².